The predicted octanol–water partition coefficient (Wildman–Crippen LogP) is 5.12. The second-order valence-corrected chi connectivity index (χ2v) is 8.87. The van der Waals surface area contributed by atoms with Crippen LogP contribution in [0, 0.1) is 5.92 Å². The Kier molecular flexibility index (Phi) is 9.03. The highest BCUT2D eigenvalue weighted by Crippen LogP contribution is 2.41. The average molecular weight is 381 g/mol. The van der Waals surface area contributed by atoms with Crippen molar-refractivity contribution in [3.8, 4) is 11.5 Å². The molecule has 1 rings (SSSR count). The Hall–Kier alpha value is -2.04. The Morgan fingerprint density at radius 3 is 1.63 bits per heavy atom. The number of esters is 2. The molecule has 0 aromatic heterocycles. The molecule has 27 heavy (non-hydrogen) atoms. The van der Waals surface area contributed by atoms with Crippen molar-refractivity contribution in [3.05, 3.63) is 23.3 Å². The van der Waals surface area contributed by atoms with E-state index in [2.05, 4.69) is 4.74 Å². The zero-order chi connectivity index (χ0) is 21.6. The Balaban J connectivity index is 0.000000972. The first-order valence-corrected chi connectivity index (χ1v) is 9.34. The summed E-state index contributed by atoms with van der Waals surface area (Å²) in [7, 11) is 0. The number of rotatable bonds is 3. The average Bonchev–Trinajstić information content (AvgIpc) is 2.46. The molecule has 5 nitrogen and oxygen atoms in total. The van der Waals surface area contributed by atoms with Gasteiger partial charge in [-0.05, 0) is 29.9 Å². The number of phenols is 1. The largest absolute Gasteiger partial charge is 0.507 e. The van der Waals surface area contributed by atoms with Crippen LogP contribution < -0.4 is 4.74 Å². The van der Waals surface area contributed by atoms with Crippen LogP contribution in [0.2, 0.25) is 0 Å². The number of carbonyl (C=O) groups excluding carboxylic acids is 2. The van der Waals surface area contributed by atoms with E-state index in [1.54, 1.807) is 32.9 Å². The van der Waals surface area contributed by atoms with Crippen molar-refractivity contribution >= 4 is 11.9 Å². The number of aromatic hydroxyl groups is 1. The number of phenolic OH excluding ortho intramolecular Hbond substituents is 1. The summed E-state index contributed by atoms with van der Waals surface area (Å²) >= 11 is 0. The molecule has 0 bridgehead atoms. The Morgan fingerprint density at radius 2 is 1.41 bits per heavy atom. The molecule has 0 atom stereocenters. The maximum absolute atomic E-state index is 11.8. The first-order chi connectivity index (χ1) is 12.1. The van der Waals surface area contributed by atoms with Crippen molar-refractivity contribution in [2.24, 2.45) is 5.92 Å². The number of carbonyl (C=O) groups is 2. The Bertz CT molecular complexity index is 611. The second-order valence-electron chi connectivity index (χ2n) is 8.87. The van der Waals surface area contributed by atoms with E-state index in [9.17, 15) is 14.7 Å². The predicted molar refractivity (Wildman–Crippen MR) is 108 cm³/mol. The summed E-state index contributed by atoms with van der Waals surface area (Å²) < 4.78 is 9.86. The van der Waals surface area contributed by atoms with Gasteiger partial charge in [0.1, 0.15) is 11.5 Å². The zero-order valence-electron chi connectivity index (χ0n) is 18.5. The standard InChI is InChI=1S/C18H28O3.C4H8O2/c1-11(2)16(20)21-12-9-13(17(3,4)5)15(19)14(10-12)18(6,7)8;1-3-6-4(2)5/h9-11,19H,1-8H3;3H2,1-2H3. The summed E-state index contributed by atoms with van der Waals surface area (Å²) in [5.41, 5.74) is 1.12. The molecule has 0 spiro atoms. The minimum atomic E-state index is -0.264. The molecule has 0 saturated carbocycles. The number of hydrogen-bond donors (Lipinski definition) is 1. The minimum absolute atomic E-state index is 0.185. The lowest BCUT2D eigenvalue weighted by Gasteiger charge is -2.28. The maximum atomic E-state index is 11.8. The lowest BCUT2D eigenvalue weighted by molar-refractivity contribution is -0.140. The number of benzene rings is 1. The third-order valence-electron chi connectivity index (χ3n) is 3.74. The van der Waals surface area contributed by atoms with Gasteiger partial charge in [0.2, 0.25) is 0 Å². The maximum Gasteiger partial charge on any atom is 0.313 e. The molecular formula is C22H36O5. The monoisotopic (exact) mass is 380 g/mol. The van der Waals surface area contributed by atoms with Gasteiger partial charge in [-0.25, -0.2) is 0 Å². The second kappa shape index (κ2) is 9.77. The summed E-state index contributed by atoms with van der Waals surface area (Å²) in [6.07, 6.45) is 0. The molecule has 154 valence electrons. The molecule has 0 amide bonds. The van der Waals surface area contributed by atoms with Gasteiger partial charge in [-0.1, -0.05) is 55.4 Å². The van der Waals surface area contributed by atoms with Crippen LogP contribution in [-0.4, -0.2) is 23.7 Å². The van der Waals surface area contributed by atoms with Gasteiger partial charge < -0.3 is 14.6 Å². The molecule has 0 unspecified atom stereocenters. The molecule has 1 aromatic carbocycles. The van der Waals surface area contributed by atoms with E-state index in [1.807, 2.05) is 41.5 Å². The van der Waals surface area contributed by atoms with Gasteiger partial charge in [0, 0.05) is 18.1 Å². The van der Waals surface area contributed by atoms with E-state index in [0.29, 0.717) is 18.1 Å². The van der Waals surface area contributed by atoms with Crippen LogP contribution in [0.15, 0.2) is 12.1 Å². The molecule has 0 aliphatic carbocycles. The molecule has 0 radical (unpaired) electrons. The van der Waals surface area contributed by atoms with Crippen LogP contribution in [0.25, 0.3) is 0 Å². The highest BCUT2D eigenvalue weighted by Gasteiger charge is 2.27. The van der Waals surface area contributed by atoms with Crippen molar-refractivity contribution in [2.45, 2.75) is 80.1 Å². The third-order valence-corrected chi connectivity index (χ3v) is 3.74. The smallest absolute Gasteiger partial charge is 0.313 e. The number of hydrogen-bond acceptors (Lipinski definition) is 5. The summed E-state index contributed by atoms with van der Waals surface area (Å²) in [6, 6.07) is 3.54. The molecule has 1 aromatic rings. The fourth-order valence-electron chi connectivity index (χ4n) is 2.25. The van der Waals surface area contributed by atoms with Gasteiger partial charge in [0.25, 0.3) is 0 Å². The molecule has 5 heteroatoms. The first kappa shape index (κ1) is 25.0. The van der Waals surface area contributed by atoms with E-state index < -0.39 is 0 Å². The summed E-state index contributed by atoms with van der Waals surface area (Å²) in [4.78, 5) is 21.7. The zero-order valence-corrected chi connectivity index (χ0v) is 18.5. The van der Waals surface area contributed by atoms with Crippen molar-refractivity contribution in [2.75, 3.05) is 6.61 Å². The summed E-state index contributed by atoms with van der Waals surface area (Å²) in [5, 5.41) is 10.6. The van der Waals surface area contributed by atoms with E-state index in [1.165, 1.54) is 6.92 Å². The minimum Gasteiger partial charge on any atom is -0.507 e. The Labute approximate surface area is 164 Å². The highest BCUT2D eigenvalue weighted by molar-refractivity contribution is 5.74. The molecule has 0 aliphatic heterocycles. The lowest BCUT2D eigenvalue weighted by atomic mass is 9.79. The van der Waals surface area contributed by atoms with Crippen LogP contribution in [-0.2, 0) is 25.2 Å². The summed E-state index contributed by atoms with van der Waals surface area (Å²) in [5.74, 6) is 0.133. The molecule has 0 heterocycles. The van der Waals surface area contributed by atoms with Crippen molar-refractivity contribution in [1.82, 2.24) is 0 Å². The van der Waals surface area contributed by atoms with Gasteiger partial charge in [-0.15, -0.1) is 0 Å². The highest BCUT2D eigenvalue weighted by atomic mass is 16.5. The van der Waals surface area contributed by atoms with Crippen LogP contribution >= 0.6 is 0 Å². The lowest BCUT2D eigenvalue weighted by Crippen LogP contribution is -2.19. The van der Waals surface area contributed by atoms with Gasteiger partial charge in [-0.3, -0.25) is 9.59 Å². The van der Waals surface area contributed by atoms with Gasteiger partial charge >= 0.3 is 11.9 Å². The fraction of sp³-hybridized carbons (Fsp3) is 0.636. The van der Waals surface area contributed by atoms with Crippen LogP contribution in [0.1, 0.15) is 80.4 Å². The molecule has 1 N–H and O–H groups in total. The first-order valence-electron chi connectivity index (χ1n) is 9.34. The van der Waals surface area contributed by atoms with Gasteiger partial charge in [0.15, 0.2) is 0 Å². The fourth-order valence-corrected chi connectivity index (χ4v) is 2.25. The van der Waals surface area contributed by atoms with Crippen molar-refractivity contribution in [1.29, 1.82) is 0 Å². The number of ether oxygens (including phenoxy) is 2. The normalized spacial score (nSPS) is 11.5. The van der Waals surface area contributed by atoms with Crippen molar-refractivity contribution < 1.29 is 24.2 Å². The van der Waals surface area contributed by atoms with Crippen molar-refractivity contribution in [3.63, 3.8) is 0 Å². The quantitative estimate of drug-likeness (QED) is 0.582. The van der Waals surface area contributed by atoms with Crippen LogP contribution in [0.3, 0.4) is 0 Å². The SMILES string of the molecule is CC(C)C(=O)Oc1cc(C(C)(C)C)c(O)c(C(C)(C)C)c1.CCOC(C)=O. The Morgan fingerprint density at radius 1 is 1.00 bits per heavy atom. The molecular weight excluding hydrogens is 344 g/mol. The topological polar surface area (TPSA) is 72.8 Å². The van der Waals surface area contributed by atoms with E-state index in [-0.39, 0.29) is 28.7 Å². The van der Waals surface area contributed by atoms with E-state index in [4.69, 9.17) is 4.74 Å². The van der Waals surface area contributed by atoms with Crippen LogP contribution in [0.5, 0.6) is 11.5 Å². The molecule has 0 fully saturated rings. The van der Waals surface area contributed by atoms with E-state index >= 15 is 0 Å². The van der Waals surface area contributed by atoms with E-state index in [0.717, 1.165) is 11.1 Å². The van der Waals surface area contributed by atoms with Crippen LogP contribution in [0.4, 0.5) is 0 Å². The molecule has 0 saturated heterocycles. The van der Waals surface area contributed by atoms with Gasteiger partial charge in [0.05, 0.1) is 12.5 Å². The third kappa shape index (κ3) is 8.46. The van der Waals surface area contributed by atoms with Gasteiger partial charge in [-0.2, -0.15) is 0 Å². The molecule has 0 aliphatic rings. The summed E-state index contributed by atoms with van der Waals surface area (Å²) in [6.45, 7) is 19.4.